The summed E-state index contributed by atoms with van der Waals surface area (Å²) in [4.78, 5) is 25.0. The average Bonchev–Trinajstić information content (AvgIpc) is 2.64. The molecule has 1 fully saturated rings. The molecule has 0 radical (unpaired) electrons. The van der Waals surface area contributed by atoms with Gasteiger partial charge in [0, 0.05) is 24.7 Å². The molecule has 8 heteroatoms. The maximum absolute atomic E-state index is 14.0. The average molecular weight is 450 g/mol. The summed E-state index contributed by atoms with van der Waals surface area (Å²) in [6.45, 7) is 6.23. The van der Waals surface area contributed by atoms with Crippen LogP contribution in [0.2, 0.25) is 0 Å². The third kappa shape index (κ3) is 5.66. The largest absolute Gasteiger partial charge is 0.351 e. The van der Waals surface area contributed by atoms with Gasteiger partial charge in [0.1, 0.15) is 23.3 Å². The summed E-state index contributed by atoms with van der Waals surface area (Å²) in [5.41, 5.74) is -1.12. The van der Waals surface area contributed by atoms with Crippen molar-refractivity contribution in [2.75, 3.05) is 6.54 Å². The lowest BCUT2D eigenvalue weighted by molar-refractivity contribution is 0.0589. The Hall–Kier alpha value is -2.90. The number of carbonyl (C=O) groups excluding carboxylic acids is 2. The van der Waals surface area contributed by atoms with Crippen molar-refractivity contribution < 1.29 is 27.2 Å². The Morgan fingerprint density at radius 3 is 1.94 bits per heavy atom. The highest BCUT2D eigenvalue weighted by Gasteiger charge is 2.42. The summed E-state index contributed by atoms with van der Waals surface area (Å²) in [6, 6.07) is 5.24. The number of carbonyl (C=O) groups is 2. The zero-order valence-electron chi connectivity index (χ0n) is 18.2. The molecule has 2 atom stereocenters. The molecule has 0 aromatic heterocycles. The molecule has 0 bridgehead atoms. The van der Waals surface area contributed by atoms with Crippen molar-refractivity contribution in [1.82, 2.24) is 10.6 Å². The first-order valence-electron chi connectivity index (χ1n) is 10.4. The molecular weight excluding hydrogens is 424 g/mol. The van der Waals surface area contributed by atoms with Gasteiger partial charge in [0.05, 0.1) is 11.1 Å². The van der Waals surface area contributed by atoms with E-state index in [2.05, 4.69) is 10.6 Å². The number of nitrogens with one attached hydrogen (secondary N) is 2. The lowest BCUT2D eigenvalue weighted by Crippen LogP contribution is -2.50. The highest BCUT2D eigenvalue weighted by Crippen LogP contribution is 2.45. The standard InChI is InChI=1S/C24H26F4N2O2/c1-23(2)10-16(30-22(32)18-7-5-15(26)9-20(18)28)11-24(3,12-23)13-29-21(31)17-6-4-14(25)8-19(17)27/h4-9,16H,10-13H2,1-3H3,(H,29,31)(H,30,32)/t16-,24+/m0/s1. The Labute approximate surface area is 184 Å². The third-order valence-electron chi connectivity index (χ3n) is 5.81. The third-order valence-corrected chi connectivity index (χ3v) is 5.81. The minimum absolute atomic E-state index is 0.196. The predicted molar refractivity (Wildman–Crippen MR) is 112 cm³/mol. The molecule has 0 aliphatic heterocycles. The molecular formula is C24H26F4N2O2. The lowest BCUT2D eigenvalue weighted by Gasteiger charge is -2.47. The number of amides is 2. The van der Waals surface area contributed by atoms with E-state index in [9.17, 15) is 27.2 Å². The predicted octanol–water partition coefficient (Wildman–Crippen LogP) is 4.99. The van der Waals surface area contributed by atoms with Crippen molar-refractivity contribution in [2.24, 2.45) is 10.8 Å². The van der Waals surface area contributed by atoms with Crippen molar-refractivity contribution in [1.29, 1.82) is 0 Å². The zero-order valence-corrected chi connectivity index (χ0v) is 18.2. The van der Waals surface area contributed by atoms with Crippen molar-refractivity contribution in [2.45, 2.75) is 46.1 Å². The number of benzene rings is 2. The highest BCUT2D eigenvalue weighted by atomic mass is 19.1. The summed E-state index contributed by atoms with van der Waals surface area (Å²) < 4.78 is 54.1. The maximum Gasteiger partial charge on any atom is 0.254 e. The van der Waals surface area contributed by atoms with E-state index in [0.717, 1.165) is 30.7 Å². The molecule has 172 valence electrons. The van der Waals surface area contributed by atoms with Crippen LogP contribution in [0.15, 0.2) is 36.4 Å². The SMILES string of the molecule is CC1(C)C[C@H](NC(=O)c2ccc(F)cc2F)C[C@@](C)(CNC(=O)c2ccc(F)cc2F)C1. The normalized spacial score (nSPS) is 22.3. The van der Waals surface area contributed by atoms with Crippen LogP contribution in [-0.2, 0) is 0 Å². The van der Waals surface area contributed by atoms with Gasteiger partial charge in [-0.25, -0.2) is 17.6 Å². The smallest absolute Gasteiger partial charge is 0.254 e. The van der Waals surface area contributed by atoms with Crippen LogP contribution >= 0.6 is 0 Å². The summed E-state index contributed by atoms with van der Waals surface area (Å²) in [7, 11) is 0. The summed E-state index contributed by atoms with van der Waals surface area (Å²) in [6.07, 6.45) is 1.86. The highest BCUT2D eigenvalue weighted by molar-refractivity contribution is 5.95. The molecule has 2 N–H and O–H groups in total. The summed E-state index contributed by atoms with van der Waals surface area (Å²) in [5.74, 6) is -4.70. The van der Waals surface area contributed by atoms with E-state index >= 15 is 0 Å². The molecule has 1 aliphatic rings. The second-order valence-electron chi connectivity index (χ2n) is 9.66. The topological polar surface area (TPSA) is 58.2 Å². The monoisotopic (exact) mass is 450 g/mol. The van der Waals surface area contributed by atoms with Crippen molar-refractivity contribution >= 4 is 11.8 Å². The second kappa shape index (κ2) is 8.92. The van der Waals surface area contributed by atoms with Gasteiger partial charge in [-0.05, 0) is 54.4 Å². The molecule has 1 saturated carbocycles. The minimum atomic E-state index is -0.942. The van der Waals surface area contributed by atoms with Gasteiger partial charge in [0.25, 0.3) is 11.8 Å². The van der Waals surface area contributed by atoms with Crippen LogP contribution in [0.25, 0.3) is 0 Å². The van der Waals surface area contributed by atoms with E-state index in [1.165, 1.54) is 0 Å². The van der Waals surface area contributed by atoms with Crippen LogP contribution in [-0.4, -0.2) is 24.4 Å². The second-order valence-corrected chi connectivity index (χ2v) is 9.66. The van der Waals surface area contributed by atoms with E-state index in [1.54, 1.807) is 0 Å². The number of rotatable bonds is 5. The van der Waals surface area contributed by atoms with Gasteiger partial charge in [0.15, 0.2) is 0 Å². The molecule has 0 unspecified atom stereocenters. The lowest BCUT2D eigenvalue weighted by atomic mass is 9.62. The maximum atomic E-state index is 14.0. The fourth-order valence-corrected chi connectivity index (χ4v) is 4.87. The van der Waals surface area contributed by atoms with Gasteiger partial charge in [-0.1, -0.05) is 20.8 Å². The Balaban J connectivity index is 1.69. The molecule has 32 heavy (non-hydrogen) atoms. The molecule has 2 aromatic carbocycles. The molecule has 2 amide bonds. The number of hydrogen-bond acceptors (Lipinski definition) is 2. The van der Waals surface area contributed by atoms with Gasteiger partial charge in [-0.2, -0.15) is 0 Å². The van der Waals surface area contributed by atoms with Gasteiger partial charge in [-0.3, -0.25) is 9.59 Å². The van der Waals surface area contributed by atoms with Gasteiger partial charge >= 0.3 is 0 Å². The van der Waals surface area contributed by atoms with E-state index in [4.69, 9.17) is 0 Å². The van der Waals surface area contributed by atoms with E-state index < -0.39 is 40.5 Å². The van der Waals surface area contributed by atoms with Crippen LogP contribution < -0.4 is 10.6 Å². The van der Waals surface area contributed by atoms with Crippen LogP contribution in [0, 0.1) is 34.1 Å². The Bertz CT molecular complexity index is 1040. The van der Waals surface area contributed by atoms with Gasteiger partial charge in [0.2, 0.25) is 0 Å². The van der Waals surface area contributed by atoms with E-state index in [1.807, 2.05) is 20.8 Å². The molecule has 4 nitrogen and oxygen atoms in total. The fraction of sp³-hybridized carbons (Fsp3) is 0.417. The molecule has 0 heterocycles. The Kier molecular flexibility index (Phi) is 6.62. The van der Waals surface area contributed by atoms with Crippen molar-refractivity contribution in [3.05, 3.63) is 70.8 Å². The molecule has 0 saturated heterocycles. The van der Waals surface area contributed by atoms with Crippen molar-refractivity contribution in [3.63, 3.8) is 0 Å². The Morgan fingerprint density at radius 2 is 1.41 bits per heavy atom. The van der Waals surface area contributed by atoms with E-state index in [-0.39, 0.29) is 29.1 Å². The number of hydrogen-bond donors (Lipinski definition) is 2. The first-order chi connectivity index (χ1) is 14.9. The van der Waals surface area contributed by atoms with Crippen LogP contribution in [0.5, 0.6) is 0 Å². The minimum Gasteiger partial charge on any atom is -0.351 e. The first-order valence-corrected chi connectivity index (χ1v) is 10.4. The molecule has 1 aliphatic carbocycles. The van der Waals surface area contributed by atoms with Crippen LogP contribution in [0.4, 0.5) is 17.6 Å². The van der Waals surface area contributed by atoms with Crippen LogP contribution in [0.3, 0.4) is 0 Å². The first kappa shape index (κ1) is 23.8. The quantitative estimate of drug-likeness (QED) is 0.631. The molecule has 3 rings (SSSR count). The fourth-order valence-electron chi connectivity index (χ4n) is 4.87. The molecule has 2 aromatic rings. The molecule has 0 spiro atoms. The number of halogens is 4. The zero-order chi connectivity index (χ0) is 23.7. The van der Waals surface area contributed by atoms with Crippen molar-refractivity contribution in [3.8, 4) is 0 Å². The van der Waals surface area contributed by atoms with Crippen LogP contribution in [0.1, 0.15) is 60.7 Å². The van der Waals surface area contributed by atoms with E-state index in [0.29, 0.717) is 25.0 Å². The van der Waals surface area contributed by atoms with Gasteiger partial charge < -0.3 is 10.6 Å². The summed E-state index contributed by atoms with van der Waals surface area (Å²) >= 11 is 0. The summed E-state index contributed by atoms with van der Waals surface area (Å²) in [5, 5.41) is 5.54. The van der Waals surface area contributed by atoms with Gasteiger partial charge in [-0.15, -0.1) is 0 Å². The Morgan fingerprint density at radius 1 is 0.875 bits per heavy atom.